The molecule has 2 N–H and O–H groups in total. The van der Waals surface area contributed by atoms with Crippen LogP contribution in [0, 0.1) is 5.92 Å². The molecule has 0 fully saturated rings. The molecular weight excluding hydrogens is 140 g/mol. The van der Waals surface area contributed by atoms with Gasteiger partial charge in [-0.2, -0.15) is 0 Å². The lowest BCUT2D eigenvalue weighted by Gasteiger charge is -2.09. The van der Waals surface area contributed by atoms with E-state index in [1.165, 1.54) is 0 Å². The van der Waals surface area contributed by atoms with Gasteiger partial charge in [0.15, 0.2) is 0 Å². The molecule has 0 aromatic heterocycles. The Balaban J connectivity index is 0. The summed E-state index contributed by atoms with van der Waals surface area (Å²) >= 11 is 0. The summed E-state index contributed by atoms with van der Waals surface area (Å²) in [6.07, 6.45) is 3.99. The SMILES string of the molecule is CCCC(CCC)C(N)=O.[N]. The van der Waals surface area contributed by atoms with Crippen molar-refractivity contribution >= 4 is 5.91 Å². The van der Waals surface area contributed by atoms with Crippen molar-refractivity contribution < 1.29 is 4.79 Å². The van der Waals surface area contributed by atoms with E-state index in [0.717, 1.165) is 25.7 Å². The van der Waals surface area contributed by atoms with Gasteiger partial charge in [-0.3, -0.25) is 4.79 Å². The summed E-state index contributed by atoms with van der Waals surface area (Å²) in [6.45, 7) is 4.15. The van der Waals surface area contributed by atoms with Gasteiger partial charge in [-0.25, -0.2) is 0 Å². The third-order valence-corrected chi connectivity index (χ3v) is 1.68. The monoisotopic (exact) mass is 157 g/mol. The second-order valence-corrected chi connectivity index (χ2v) is 2.68. The van der Waals surface area contributed by atoms with Crippen molar-refractivity contribution in [3.8, 4) is 0 Å². The number of hydrogen-bond acceptors (Lipinski definition) is 1. The standard InChI is InChI=1S/C8H17NO.N/c1-3-5-7(6-4-2)8(9)10;/h7H,3-6H2,1-2H3,(H2,9,10);. The van der Waals surface area contributed by atoms with E-state index in [4.69, 9.17) is 5.73 Å². The molecule has 0 atom stereocenters. The van der Waals surface area contributed by atoms with Gasteiger partial charge in [0.2, 0.25) is 5.91 Å². The highest BCUT2D eigenvalue weighted by atomic mass is 16.1. The van der Waals surface area contributed by atoms with Crippen LogP contribution in [0.25, 0.3) is 0 Å². The molecule has 0 saturated heterocycles. The van der Waals surface area contributed by atoms with E-state index in [0.29, 0.717) is 0 Å². The first-order valence-corrected chi connectivity index (χ1v) is 4.01. The Hall–Kier alpha value is -0.570. The van der Waals surface area contributed by atoms with Crippen LogP contribution in [0.2, 0.25) is 0 Å². The van der Waals surface area contributed by atoms with Crippen molar-refractivity contribution in [3.63, 3.8) is 0 Å². The van der Waals surface area contributed by atoms with E-state index >= 15 is 0 Å². The average molecular weight is 157 g/mol. The second kappa shape index (κ2) is 7.54. The van der Waals surface area contributed by atoms with E-state index in [1.54, 1.807) is 0 Å². The van der Waals surface area contributed by atoms with Crippen LogP contribution in [0.5, 0.6) is 0 Å². The van der Waals surface area contributed by atoms with Crippen LogP contribution in [0.3, 0.4) is 0 Å². The molecule has 3 radical (unpaired) electrons. The highest BCUT2D eigenvalue weighted by molar-refractivity contribution is 5.76. The normalized spacial score (nSPS) is 9.36. The molecule has 0 aromatic rings. The Morgan fingerprint density at radius 1 is 1.27 bits per heavy atom. The van der Waals surface area contributed by atoms with Crippen LogP contribution in [0.4, 0.5) is 0 Å². The zero-order valence-electron chi connectivity index (χ0n) is 7.34. The van der Waals surface area contributed by atoms with Crippen molar-refractivity contribution in [1.29, 1.82) is 0 Å². The molecule has 0 aliphatic carbocycles. The van der Waals surface area contributed by atoms with E-state index in [1.807, 2.05) is 0 Å². The number of nitrogens with two attached hydrogens (primary N) is 1. The summed E-state index contributed by atoms with van der Waals surface area (Å²) in [6, 6.07) is 0. The Labute approximate surface area is 68.9 Å². The van der Waals surface area contributed by atoms with Crippen LogP contribution in [-0.4, -0.2) is 5.91 Å². The summed E-state index contributed by atoms with van der Waals surface area (Å²) in [5.74, 6) is -0.0151. The molecule has 0 aliphatic rings. The molecule has 65 valence electrons. The molecule has 0 rings (SSSR count). The van der Waals surface area contributed by atoms with Gasteiger partial charge in [-0.1, -0.05) is 26.7 Å². The minimum Gasteiger partial charge on any atom is -0.369 e. The Kier molecular flexibility index (Phi) is 8.94. The van der Waals surface area contributed by atoms with Gasteiger partial charge in [0.05, 0.1) is 0 Å². The Morgan fingerprint density at radius 3 is 1.82 bits per heavy atom. The Morgan fingerprint density at radius 2 is 1.64 bits per heavy atom. The molecule has 0 aliphatic heterocycles. The molecular formula is C8H17N2O. The van der Waals surface area contributed by atoms with Crippen molar-refractivity contribution in [1.82, 2.24) is 6.15 Å². The maximum Gasteiger partial charge on any atom is 0.220 e. The number of amides is 1. The summed E-state index contributed by atoms with van der Waals surface area (Å²) in [5.41, 5.74) is 5.17. The smallest absolute Gasteiger partial charge is 0.220 e. The lowest BCUT2D eigenvalue weighted by atomic mass is 9.98. The number of rotatable bonds is 5. The van der Waals surface area contributed by atoms with Crippen LogP contribution < -0.4 is 11.9 Å². The summed E-state index contributed by atoms with van der Waals surface area (Å²) in [7, 11) is 0. The summed E-state index contributed by atoms with van der Waals surface area (Å²) in [4.78, 5) is 10.7. The molecule has 11 heavy (non-hydrogen) atoms. The first-order valence-electron chi connectivity index (χ1n) is 4.01. The van der Waals surface area contributed by atoms with Gasteiger partial charge in [-0.15, -0.1) is 0 Å². The van der Waals surface area contributed by atoms with Crippen molar-refractivity contribution in [2.75, 3.05) is 0 Å². The fourth-order valence-corrected chi connectivity index (χ4v) is 1.13. The first kappa shape index (κ1) is 13.1. The van der Waals surface area contributed by atoms with E-state index in [9.17, 15) is 4.79 Å². The lowest BCUT2D eigenvalue weighted by Crippen LogP contribution is -2.22. The van der Waals surface area contributed by atoms with Gasteiger partial charge < -0.3 is 5.73 Å². The van der Waals surface area contributed by atoms with Crippen molar-refractivity contribution in [2.24, 2.45) is 11.7 Å². The molecule has 1 amide bonds. The fraction of sp³-hybridized carbons (Fsp3) is 0.875. The van der Waals surface area contributed by atoms with Gasteiger partial charge in [0.25, 0.3) is 0 Å². The van der Waals surface area contributed by atoms with Crippen LogP contribution in [-0.2, 0) is 4.79 Å². The number of carbonyl (C=O) groups is 1. The summed E-state index contributed by atoms with van der Waals surface area (Å²) in [5, 5.41) is 0. The van der Waals surface area contributed by atoms with Gasteiger partial charge >= 0.3 is 0 Å². The van der Waals surface area contributed by atoms with E-state index in [-0.39, 0.29) is 18.0 Å². The van der Waals surface area contributed by atoms with Crippen molar-refractivity contribution in [2.45, 2.75) is 39.5 Å². The quantitative estimate of drug-likeness (QED) is 0.640. The minimum atomic E-state index is -0.135. The molecule has 0 heterocycles. The van der Waals surface area contributed by atoms with Crippen LogP contribution in [0.15, 0.2) is 0 Å². The molecule has 0 unspecified atom stereocenters. The van der Waals surface area contributed by atoms with Gasteiger partial charge in [0, 0.05) is 12.1 Å². The fourth-order valence-electron chi connectivity index (χ4n) is 1.13. The molecule has 0 bridgehead atoms. The zero-order valence-corrected chi connectivity index (χ0v) is 7.34. The maximum atomic E-state index is 10.7. The van der Waals surface area contributed by atoms with Crippen molar-refractivity contribution in [3.05, 3.63) is 0 Å². The van der Waals surface area contributed by atoms with E-state index in [2.05, 4.69) is 13.8 Å². The largest absolute Gasteiger partial charge is 0.369 e. The van der Waals surface area contributed by atoms with Crippen LogP contribution in [0.1, 0.15) is 39.5 Å². The number of nitrogens with zero attached hydrogens (tertiary/aromatic N) is 1. The average Bonchev–Trinajstić information content (AvgIpc) is 1.87. The maximum absolute atomic E-state index is 10.7. The number of hydrogen-bond donors (Lipinski definition) is 1. The second-order valence-electron chi connectivity index (χ2n) is 2.68. The Bertz CT molecular complexity index is 98.3. The third-order valence-electron chi connectivity index (χ3n) is 1.68. The highest BCUT2D eigenvalue weighted by Crippen LogP contribution is 2.11. The predicted octanol–water partition coefficient (Wildman–Crippen LogP) is 1.21. The molecule has 0 aromatic carbocycles. The number of primary amides is 1. The lowest BCUT2D eigenvalue weighted by molar-refractivity contribution is -0.122. The summed E-state index contributed by atoms with van der Waals surface area (Å²) < 4.78 is 0. The highest BCUT2D eigenvalue weighted by Gasteiger charge is 2.11. The van der Waals surface area contributed by atoms with Crippen LogP contribution >= 0.6 is 0 Å². The first-order chi connectivity index (χ1) is 4.72. The minimum absolute atomic E-state index is 0. The third kappa shape index (κ3) is 5.85. The van der Waals surface area contributed by atoms with E-state index < -0.39 is 0 Å². The van der Waals surface area contributed by atoms with Gasteiger partial charge in [-0.05, 0) is 12.8 Å². The number of carbonyl (C=O) groups excluding carboxylic acids is 1. The molecule has 3 nitrogen and oxygen atoms in total. The topological polar surface area (TPSA) is 73.6 Å². The predicted molar refractivity (Wildman–Crippen MR) is 44.6 cm³/mol. The molecule has 0 saturated carbocycles. The zero-order chi connectivity index (χ0) is 7.98. The van der Waals surface area contributed by atoms with Gasteiger partial charge in [0.1, 0.15) is 0 Å². The molecule has 0 spiro atoms. The molecule has 3 heteroatoms.